The lowest BCUT2D eigenvalue weighted by Crippen LogP contribution is -2.35. The minimum Gasteiger partial charge on any atom is -0.367 e. The Hall–Kier alpha value is -0.870. The van der Waals surface area contributed by atoms with Crippen molar-refractivity contribution in [2.75, 3.05) is 25.0 Å². The van der Waals surface area contributed by atoms with Gasteiger partial charge < -0.3 is 5.32 Å². The monoisotopic (exact) mass is 268 g/mol. The summed E-state index contributed by atoms with van der Waals surface area (Å²) in [5.41, 5.74) is 2.09. The van der Waals surface area contributed by atoms with Gasteiger partial charge in [-0.2, -0.15) is 0 Å². The molecular formula is C13H21ClN4. The first-order valence-electron chi connectivity index (χ1n) is 6.57. The van der Waals surface area contributed by atoms with Crippen LogP contribution in [0.25, 0.3) is 0 Å². The van der Waals surface area contributed by atoms with Crippen molar-refractivity contribution in [3.63, 3.8) is 0 Å². The van der Waals surface area contributed by atoms with Crippen molar-refractivity contribution in [2.24, 2.45) is 0 Å². The lowest BCUT2D eigenvalue weighted by Gasteiger charge is -2.24. The molecule has 0 saturated carbocycles. The third kappa shape index (κ3) is 2.93. The van der Waals surface area contributed by atoms with Crippen molar-refractivity contribution in [1.82, 2.24) is 15.1 Å². The fourth-order valence-electron chi connectivity index (χ4n) is 2.30. The molecule has 1 N–H and O–H groups in total. The SMILES string of the molecule is Cc1c(Cl)nnc(NCC(C)N2CCCC2)c1C. The molecular weight excluding hydrogens is 248 g/mol. The second kappa shape index (κ2) is 5.85. The van der Waals surface area contributed by atoms with Crippen LogP contribution in [0.15, 0.2) is 0 Å². The standard InChI is InChI=1S/C13H21ClN4/c1-9(18-6-4-5-7-18)8-15-13-11(3)10(2)12(14)16-17-13/h9H,4-8H2,1-3H3,(H,15,17). The molecule has 2 rings (SSSR count). The summed E-state index contributed by atoms with van der Waals surface area (Å²) in [5.74, 6) is 0.850. The Balaban J connectivity index is 1.95. The topological polar surface area (TPSA) is 41.1 Å². The van der Waals surface area contributed by atoms with Gasteiger partial charge in [0.15, 0.2) is 11.0 Å². The van der Waals surface area contributed by atoms with Crippen LogP contribution in [0.4, 0.5) is 5.82 Å². The van der Waals surface area contributed by atoms with E-state index in [9.17, 15) is 0 Å². The molecule has 0 aromatic carbocycles. The second-order valence-electron chi connectivity index (χ2n) is 5.06. The predicted molar refractivity (Wildman–Crippen MR) is 75.3 cm³/mol. The Labute approximate surface area is 114 Å². The van der Waals surface area contributed by atoms with E-state index >= 15 is 0 Å². The van der Waals surface area contributed by atoms with Gasteiger partial charge in [0.05, 0.1) is 0 Å². The van der Waals surface area contributed by atoms with Gasteiger partial charge in [-0.05, 0) is 57.8 Å². The van der Waals surface area contributed by atoms with Gasteiger partial charge in [-0.1, -0.05) is 11.6 Å². The molecule has 18 heavy (non-hydrogen) atoms. The second-order valence-corrected chi connectivity index (χ2v) is 5.42. The highest BCUT2D eigenvalue weighted by atomic mass is 35.5. The first-order chi connectivity index (χ1) is 8.59. The Kier molecular flexibility index (Phi) is 4.40. The van der Waals surface area contributed by atoms with Crippen LogP contribution < -0.4 is 5.32 Å². The van der Waals surface area contributed by atoms with Gasteiger partial charge in [-0.25, -0.2) is 0 Å². The molecule has 1 aliphatic rings. The quantitative estimate of drug-likeness (QED) is 0.912. The molecule has 1 unspecified atom stereocenters. The van der Waals surface area contributed by atoms with Crippen LogP contribution in [0, 0.1) is 13.8 Å². The Bertz CT molecular complexity index is 416. The van der Waals surface area contributed by atoms with E-state index in [2.05, 4.69) is 27.3 Å². The molecule has 1 atom stereocenters. The van der Waals surface area contributed by atoms with Crippen LogP contribution in [-0.2, 0) is 0 Å². The average molecular weight is 269 g/mol. The van der Waals surface area contributed by atoms with Crippen molar-refractivity contribution < 1.29 is 0 Å². The molecule has 0 spiro atoms. The van der Waals surface area contributed by atoms with E-state index in [1.54, 1.807) is 0 Å². The van der Waals surface area contributed by atoms with Gasteiger partial charge in [0.1, 0.15) is 0 Å². The minimum atomic E-state index is 0.491. The molecule has 0 aliphatic carbocycles. The summed E-state index contributed by atoms with van der Waals surface area (Å²) < 4.78 is 0. The van der Waals surface area contributed by atoms with E-state index in [-0.39, 0.29) is 0 Å². The zero-order valence-electron chi connectivity index (χ0n) is 11.3. The Morgan fingerprint density at radius 3 is 2.56 bits per heavy atom. The lowest BCUT2D eigenvalue weighted by atomic mass is 10.2. The fraction of sp³-hybridized carbons (Fsp3) is 0.692. The molecule has 1 aromatic rings. The maximum atomic E-state index is 5.94. The number of anilines is 1. The number of hydrogen-bond donors (Lipinski definition) is 1. The Morgan fingerprint density at radius 1 is 1.22 bits per heavy atom. The first kappa shape index (κ1) is 13.6. The zero-order chi connectivity index (χ0) is 13.1. The van der Waals surface area contributed by atoms with Crippen LogP contribution in [0.3, 0.4) is 0 Å². The number of rotatable bonds is 4. The van der Waals surface area contributed by atoms with Crippen LogP contribution in [0.2, 0.25) is 5.15 Å². The number of aromatic nitrogens is 2. The molecule has 0 bridgehead atoms. The van der Waals surface area contributed by atoms with Crippen molar-refractivity contribution in [3.05, 3.63) is 16.3 Å². The Morgan fingerprint density at radius 2 is 1.89 bits per heavy atom. The molecule has 1 saturated heterocycles. The van der Waals surface area contributed by atoms with Crippen molar-refractivity contribution >= 4 is 17.4 Å². The largest absolute Gasteiger partial charge is 0.367 e. The van der Waals surface area contributed by atoms with Gasteiger partial charge in [-0.3, -0.25) is 4.90 Å². The summed E-state index contributed by atoms with van der Waals surface area (Å²) in [6, 6.07) is 0.532. The number of hydrogen-bond acceptors (Lipinski definition) is 4. The highest BCUT2D eigenvalue weighted by Gasteiger charge is 2.18. The van der Waals surface area contributed by atoms with E-state index in [1.165, 1.54) is 25.9 Å². The van der Waals surface area contributed by atoms with E-state index in [0.29, 0.717) is 11.2 Å². The normalized spacial score (nSPS) is 18.0. The average Bonchev–Trinajstić information content (AvgIpc) is 2.89. The molecule has 100 valence electrons. The van der Waals surface area contributed by atoms with Crippen LogP contribution in [0.5, 0.6) is 0 Å². The highest BCUT2D eigenvalue weighted by molar-refractivity contribution is 6.30. The molecule has 4 nitrogen and oxygen atoms in total. The molecule has 1 aromatic heterocycles. The maximum Gasteiger partial charge on any atom is 0.155 e. The summed E-state index contributed by atoms with van der Waals surface area (Å²) in [6.45, 7) is 9.58. The summed E-state index contributed by atoms with van der Waals surface area (Å²) in [5, 5.41) is 12.0. The van der Waals surface area contributed by atoms with E-state index in [0.717, 1.165) is 23.5 Å². The van der Waals surface area contributed by atoms with Crippen LogP contribution in [-0.4, -0.2) is 40.8 Å². The third-order valence-corrected chi connectivity index (χ3v) is 4.15. The van der Waals surface area contributed by atoms with E-state index in [1.807, 2.05) is 13.8 Å². The summed E-state index contributed by atoms with van der Waals surface area (Å²) in [4.78, 5) is 2.51. The van der Waals surface area contributed by atoms with Gasteiger partial charge in [0.25, 0.3) is 0 Å². The molecule has 5 heteroatoms. The highest BCUT2D eigenvalue weighted by Crippen LogP contribution is 2.20. The van der Waals surface area contributed by atoms with Crippen molar-refractivity contribution in [2.45, 2.75) is 39.7 Å². The first-order valence-corrected chi connectivity index (χ1v) is 6.94. The van der Waals surface area contributed by atoms with E-state index < -0.39 is 0 Å². The smallest absolute Gasteiger partial charge is 0.155 e. The molecule has 1 fully saturated rings. The zero-order valence-corrected chi connectivity index (χ0v) is 12.1. The van der Waals surface area contributed by atoms with Gasteiger partial charge >= 0.3 is 0 Å². The van der Waals surface area contributed by atoms with Gasteiger partial charge in [0.2, 0.25) is 0 Å². The molecule has 1 aliphatic heterocycles. The van der Waals surface area contributed by atoms with Crippen LogP contribution in [0.1, 0.15) is 30.9 Å². The maximum absolute atomic E-state index is 5.94. The number of likely N-dealkylation sites (tertiary alicyclic amines) is 1. The molecule has 0 radical (unpaired) electrons. The third-order valence-electron chi connectivity index (χ3n) is 3.79. The molecule has 2 heterocycles. The van der Waals surface area contributed by atoms with Gasteiger partial charge in [-0.15, -0.1) is 10.2 Å². The van der Waals surface area contributed by atoms with Gasteiger partial charge in [0, 0.05) is 12.6 Å². The number of halogens is 1. The van der Waals surface area contributed by atoms with Crippen molar-refractivity contribution in [1.29, 1.82) is 0 Å². The number of nitrogens with zero attached hydrogens (tertiary/aromatic N) is 3. The van der Waals surface area contributed by atoms with Crippen molar-refractivity contribution in [3.8, 4) is 0 Å². The predicted octanol–water partition coefficient (Wildman–Crippen LogP) is 2.64. The van der Waals surface area contributed by atoms with E-state index in [4.69, 9.17) is 11.6 Å². The fourth-order valence-corrected chi connectivity index (χ4v) is 2.48. The van der Waals surface area contributed by atoms with Crippen LogP contribution >= 0.6 is 11.6 Å². The molecule has 0 amide bonds. The summed E-state index contributed by atoms with van der Waals surface area (Å²) in [6.07, 6.45) is 2.65. The number of nitrogens with one attached hydrogen (secondary N) is 1. The lowest BCUT2D eigenvalue weighted by molar-refractivity contribution is 0.269. The summed E-state index contributed by atoms with van der Waals surface area (Å²) in [7, 11) is 0. The summed E-state index contributed by atoms with van der Waals surface area (Å²) >= 11 is 5.94. The minimum absolute atomic E-state index is 0.491.